The highest BCUT2D eigenvalue weighted by atomic mass is 16.4. The highest BCUT2D eigenvalue weighted by Crippen LogP contribution is 2.29. The smallest absolute Gasteiger partial charge is 0.335 e. The van der Waals surface area contributed by atoms with Crippen molar-refractivity contribution in [2.24, 2.45) is 0 Å². The first kappa shape index (κ1) is 17.4. The summed E-state index contributed by atoms with van der Waals surface area (Å²) in [5.74, 6) is -2.00. The Morgan fingerprint density at radius 1 is 0.692 bits per heavy atom. The zero-order valence-electron chi connectivity index (χ0n) is 13.8. The number of hydrogen-bond acceptors (Lipinski definition) is 3. The standard InChI is InChI=1S/C21H16O5/c22-19-17(11-13-1-5-15(6-2-13)20(23)24)9-10-18(19)12-14-3-7-16(8-4-14)21(25)26/h1-8,11-12H,9-10H2,(H,23,24)(H,25,26). The van der Waals surface area contributed by atoms with Crippen LogP contribution in [-0.2, 0) is 4.79 Å². The summed E-state index contributed by atoms with van der Waals surface area (Å²) in [6.45, 7) is 0. The van der Waals surface area contributed by atoms with E-state index in [1.54, 1.807) is 36.4 Å². The van der Waals surface area contributed by atoms with Crippen molar-refractivity contribution in [3.05, 3.63) is 81.9 Å². The van der Waals surface area contributed by atoms with Gasteiger partial charge < -0.3 is 10.2 Å². The molecular weight excluding hydrogens is 332 g/mol. The van der Waals surface area contributed by atoms with Gasteiger partial charge in [-0.15, -0.1) is 0 Å². The Morgan fingerprint density at radius 3 is 1.35 bits per heavy atom. The molecule has 0 radical (unpaired) electrons. The minimum absolute atomic E-state index is 0.0328. The number of ketones is 1. The summed E-state index contributed by atoms with van der Waals surface area (Å²) < 4.78 is 0. The summed E-state index contributed by atoms with van der Waals surface area (Å²) in [6, 6.07) is 12.7. The molecule has 1 fully saturated rings. The lowest BCUT2D eigenvalue weighted by Gasteiger charge is -1.99. The van der Waals surface area contributed by atoms with Crippen LogP contribution in [0.1, 0.15) is 44.7 Å². The Hall–Kier alpha value is -3.47. The second-order valence-corrected chi connectivity index (χ2v) is 6.02. The lowest BCUT2D eigenvalue weighted by atomic mass is 10.0. The maximum Gasteiger partial charge on any atom is 0.335 e. The van der Waals surface area contributed by atoms with Crippen molar-refractivity contribution in [1.29, 1.82) is 0 Å². The van der Waals surface area contributed by atoms with E-state index in [2.05, 4.69) is 0 Å². The molecule has 0 heterocycles. The molecule has 0 spiro atoms. The van der Waals surface area contributed by atoms with Gasteiger partial charge in [-0.25, -0.2) is 9.59 Å². The highest BCUT2D eigenvalue weighted by Gasteiger charge is 2.22. The maximum absolute atomic E-state index is 12.5. The van der Waals surface area contributed by atoms with Crippen molar-refractivity contribution < 1.29 is 24.6 Å². The number of benzene rings is 2. The molecule has 5 heteroatoms. The van der Waals surface area contributed by atoms with E-state index in [0.717, 1.165) is 11.1 Å². The average molecular weight is 348 g/mol. The van der Waals surface area contributed by atoms with Gasteiger partial charge in [0, 0.05) is 11.1 Å². The molecular formula is C21H16O5. The fourth-order valence-corrected chi connectivity index (χ4v) is 2.82. The van der Waals surface area contributed by atoms with Crippen LogP contribution in [0.15, 0.2) is 59.7 Å². The van der Waals surface area contributed by atoms with E-state index >= 15 is 0 Å². The highest BCUT2D eigenvalue weighted by molar-refractivity contribution is 6.15. The van der Waals surface area contributed by atoms with Gasteiger partial charge in [0.1, 0.15) is 0 Å². The first-order valence-corrected chi connectivity index (χ1v) is 8.06. The first-order chi connectivity index (χ1) is 12.4. The van der Waals surface area contributed by atoms with Crippen LogP contribution in [-0.4, -0.2) is 27.9 Å². The quantitative estimate of drug-likeness (QED) is 0.817. The summed E-state index contributed by atoms with van der Waals surface area (Å²) >= 11 is 0. The molecule has 1 aliphatic rings. The van der Waals surface area contributed by atoms with Gasteiger partial charge in [0.2, 0.25) is 0 Å². The summed E-state index contributed by atoms with van der Waals surface area (Å²) in [6.07, 6.45) is 4.81. The molecule has 0 aromatic heterocycles. The molecule has 3 rings (SSSR count). The fraction of sp³-hybridized carbons (Fsp3) is 0.0952. The summed E-state index contributed by atoms with van der Waals surface area (Å²) in [5, 5.41) is 17.8. The zero-order valence-corrected chi connectivity index (χ0v) is 13.8. The van der Waals surface area contributed by atoms with Gasteiger partial charge in [-0.1, -0.05) is 24.3 Å². The van der Waals surface area contributed by atoms with Crippen molar-refractivity contribution in [2.45, 2.75) is 12.8 Å². The number of hydrogen-bond donors (Lipinski definition) is 2. The predicted molar refractivity (Wildman–Crippen MR) is 97.0 cm³/mol. The van der Waals surface area contributed by atoms with Gasteiger partial charge in [0.25, 0.3) is 0 Å². The third-order valence-electron chi connectivity index (χ3n) is 4.24. The summed E-state index contributed by atoms with van der Waals surface area (Å²) in [5.41, 5.74) is 3.34. The summed E-state index contributed by atoms with van der Waals surface area (Å²) in [4.78, 5) is 34.3. The SMILES string of the molecule is O=C1C(=Cc2ccc(C(=O)O)cc2)CCC1=Cc1ccc(C(=O)O)cc1. The largest absolute Gasteiger partial charge is 0.478 e. The molecule has 0 bridgehead atoms. The molecule has 0 atom stereocenters. The molecule has 2 aromatic carbocycles. The van der Waals surface area contributed by atoms with E-state index in [1.807, 2.05) is 0 Å². The van der Waals surface area contributed by atoms with E-state index in [1.165, 1.54) is 24.3 Å². The predicted octanol–water partition coefficient (Wildman–Crippen LogP) is 3.91. The van der Waals surface area contributed by atoms with Crippen LogP contribution >= 0.6 is 0 Å². The van der Waals surface area contributed by atoms with E-state index in [-0.39, 0.29) is 16.9 Å². The van der Waals surface area contributed by atoms with Crippen LogP contribution in [0, 0.1) is 0 Å². The Balaban J connectivity index is 1.78. The third-order valence-corrected chi connectivity index (χ3v) is 4.24. The van der Waals surface area contributed by atoms with Gasteiger partial charge in [-0.2, -0.15) is 0 Å². The Kier molecular flexibility index (Phi) is 4.80. The van der Waals surface area contributed by atoms with E-state index in [9.17, 15) is 14.4 Å². The van der Waals surface area contributed by atoms with Crippen LogP contribution in [0.5, 0.6) is 0 Å². The molecule has 26 heavy (non-hydrogen) atoms. The lowest BCUT2D eigenvalue weighted by Crippen LogP contribution is -1.97. The Morgan fingerprint density at radius 2 is 1.04 bits per heavy atom. The van der Waals surface area contributed by atoms with Crippen molar-refractivity contribution >= 4 is 29.9 Å². The molecule has 130 valence electrons. The zero-order chi connectivity index (χ0) is 18.7. The molecule has 0 unspecified atom stereocenters. The number of carboxylic acids is 2. The number of rotatable bonds is 4. The number of carbonyl (C=O) groups excluding carboxylic acids is 1. The molecule has 1 aliphatic carbocycles. The van der Waals surface area contributed by atoms with E-state index in [0.29, 0.717) is 24.0 Å². The van der Waals surface area contributed by atoms with Crippen molar-refractivity contribution in [3.63, 3.8) is 0 Å². The number of allylic oxidation sites excluding steroid dienone is 2. The van der Waals surface area contributed by atoms with Crippen LogP contribution < -0.4 is 0 Å². The molecule has 5 nitrogen and oxygen atoms in total. The maximum atomic E-state index is 12.5. The first-order valence-electron chi connectivity index (χ1n) is 8.06. The van der Waals surface area contributed by atoms with Crippen molar-refractivity contribution in [3.8, 4) is 0 Å². The topological polar surface area (TPSA) is 91.7 Å². The van der Waals surface area contributed by atoms with E-state index < -0.39 is 11.9 Å². The Labute approximate surface area is 149 Å². The monoisotopic (exact) mass is 348 g/mol. The van der Waals surface area contributed by atoms with Crippen LogP contribution in [0.25, 0.3) is 12.2 Å². The minimum atomic E-state index is -0.986. The Bertz CT molecular complexity index is 854. The number of aromatic carboxylic acids is 2. The van der Waals surface area contributed by atoms with Gasteiger partial charge in [-0.3, -0.25) is 4.79 Å². The van der Waals surface area contributed by atoms with Gasteiger partial charge >= 0.3 is 11.9 Å². The van der Waals surface area contributed by atoms with E-state index in [4.69, 9.17) is 10.2 Å². The van der Waals surface area contributed by atoms with Gasteiger partial charge in [0.05, 0.1) is 11.1 Å². The fourth-order valence-electron chi connectivity index (χ4n) is 2.82. The second-order valence-electron chi connectivity index (χ2n) is 6.02. The normalized spacial score (nSPS) is 17.0. The number of carbonyl (C=O) groups is 3. The van der Waals surface area contributed by atoms with Crippen molar-refractivity contribution in [2.75, 3.05) is 0 Å². The van der Waals surface area contributed by atoms with Crippen LogP contribution in [0.3, 0.4) is 0 Å². The molecule has 2 aromatic rings. The molecule has 1 saturated carbocycles. The van der Waals surface area contributed by atoms with Crippen LogP contribution in [0.4, 0.5) is 0 Å². The van der Waals surface area contributed by atoms with Crippen molar-refractivity contribution in [1.82, 2.24) is 0 Å². The lowest BCUT2D eigenvalue weighted by molar-refractivity contribution is -0.111. The molecule has 2 N–H and O–H groups in total. The number of carboxylic acid groups (broad SMARTS) is 2. The molecule has 0 aliphatic heterocycles. The third kappa shape index (κ3) is 3.78. The van der Waals surface area contributed by atoms with Crippen LogP contribution in [0.2, 0.25) is 0 Å². The average Bonchev–Trinajstić information content (AvgIpc) is 2.96. The second kappa shape index (κ2) is 7.19. The summed E-state index contributed by atoms with van der Waals surface area (Å²) in [7, 11) is 0. The number of Topliss-reactive ketones (excluding diaryl/α,β-unsaturated/α-hetero) is 1. The van der Waals surface area contributed by atoms with Gasteiger partial charge in [0.15, 0.2) is 5.78 Å². The minimum Gasteiger partial charge on any atom is -0.478 e. The van der Waals surface area contributed by atoms with Gasteiger partial charge in [-0.05, 0) is 60.4 Å². The molecule has 0 amide bonds. The molecule has 0 saturated heterocycles.